The van der Waals surface area contributed by atoms with Gasteiger partial charge in [-0.3, -0.25) is 4.21 Å². The molecule has 0 spiro atoms. The van der Waals surface area contributed by atoms with E-state index < -0.39 is 10.8 Å². The molecule has 0 N–H and O–H groups in total. The Balaban J connectivity index is 2.46. The summed E-state index contributed by atoms with van der Waals surface area (Å²) in [4.78, 5) is 0.868. The van der Waals surface area contributed by atoms with Crippen molar-refractivity contribution in [2.75, 3.05) is 19.0 Å². The zero-order valence-corrected chi connectivity index (χ0v) is 12.2. The molecule has 1 rings (SSSR count). The second-order valence-electron chi connectivity index (χ2n) is 3.99. The van der Waals surface area contributed by atoms with E-state index in [1.165, 1.54) is 5.56 Å². The van der Waals surface area contributed by atoms with Crippen molar-refractivity contribution < 1.29 is 13.7 Å². The molecule has 0 radical (unpaired) electrons. The van der Waals surface area contributed by atoms with E-state index in [0.29, 0.717) is 25.4 Å². The highest BCUT2D eigenvalue weighted by Crippen LogP contribution is 2.11. The quantitative estimate of drug-likeness (QED) is 0.681. The van der Waals surface area contributed by atoms with Crippen LogP contribution in [-0.4, -0.2) is 29.5 Å². The van der Waals surface area contributed by atoms with Crippen molar-refractivity contribution in [2.45, 2.75) is 38.4 Å². The number of rotatable bonds is 8. The van der Waals surface area contributed by atoms with E-state index in [9.17, 15) is 4.21 Å². The lowest BCUT2D eigenvalue weighted by molar-refractivity contribution is -0.136. The van der Waals surface area contributed by atoms with Crippen molar-refractivity contribution in [3.63, 3.8) is 0 Å². The van der Waals surface area contributed by atoms with Gasteiger partial charge in [0.25, 0.3) is 0 Å². The summed E-state index contributed by atoms with van der Waals surface area (Å²) >= 11 is 0. The molecule has 0 saturated carbocycles. The Kier molecular flexibility index (Phi) is 7.16. The molecule has 0 aliphatic rings. The summed E-state index contributed by atoms with van der Waals surface area (Å²) in [5.41, 5.74) is 1.18. The lowest BCUT2D eigenvalue weighted by Crippen LogP contribution is -2.20. The third kappa shape index (κ3) is 5.29. The lowest BCUT2D eigenvalue weighted by Gasteiger charge is -2.16. The molecule has 0 fully saturated rings. The molecule has 18 heavy (non-hydrogen) atoms. The summed E-state index contributed by atoms with van der Waals surface area (Å²) in [5.74, 6) is 0.563. The number of benzene rings is 1. The summed E-state index contributed by atoms with van der Waals surface area (Å²) in [5, 5.41) is 0. The van der Waals surface area contributed by atoms with Crippen LogP contribution in [0, 0.1) is 6.92 Å². The van der Waals surface area contributed by atoms with Crippen LogP contribution < -0.4 is 0 Å². The molecular weight excluding hydrogens is 248 g/mol. The maximum absolute atomic E-state index is 12.1. The Morgan fingerprint density at radius 3 is 2.17 bits per heavy atom. The molecule has 1 aromatic carbocycles. The van der Waals surface area contributed by atoms with E-state index in [1.807, 2.05) is 45.0 Å². The van der Waals surface area contributed by atoms with Gasteiger partial charge in [0, 0.05) is 30.3 Å². The minimum Gasteiger partial charge on any atom is -0.353 e. The van der Waals surface area contributed by atoms with Gasteiger partial charge in [-0.1, -0.05) is 17.7 Å². The predicted molar refractivity (Wildman–Crippen MR) is 74.1 cm³/mol. The van der Waals surface area contributed by atoms with Crippen molar-refractivity contribution in [1.29, 1.82) is 0 Å². The highest BCUT2D eigenvalue weighted by Gasteiger charge is 2.11. The molecule has 102 valence electrons. The van der Waals surface area contributed by atoms with E-state index in [4.69, 9.17) is 9.47 Å². The van der Waals surface area contributed by atoms with Crippen molar-refractivity contribution in [3.05, 3.63) is 29.8 Å². The minimum absolute atomic E-state index is 0.241. The average Bonchev–Trinajstić information content (AvgIpc) is 2.37. The largest absolute Gasteiger partial charge is 0.353 e. The summed E-state index contributed by atoms with van der Waals surface area (Å²) in [6.07, 6.45) is 0.414. The fourth-order valence-electron chi connectivity index (χ4n) is 1.60. The van der Waals surface area contributed by atoms with Crippen LogP contribution in [0.25, 0.3) is 0 Å². The minimum atomic E-state index is -0.979. The Morgan fingerprint density at radius 1 is 1.11 bits per heavy atom. The Labute approximate surface area is 112 Å². The smallest absolute Gasteiger partial charge is 0.158 e. The summed E-state index contributed by atoms with van der Waals surface area (Å²) in [6, 6.07) is 7.80. The van der Waals surface area contributed by atoms with Crippen LogP contribution in [0.15, 0.2) is 29.2 Å². The van der Waals surface area contributed by atoms with Crippen LogP contribution in [-0.2, 0) is 20.3 Å². The first kappa shape index (κ1) is 15.3. The SMILES string of the molecule is CCOC(CCS(=O)c1ccc(C)cc1)OCC. The Bertz CT molecular complexity index is 356. The lowest BCUT2D eigenvalue weighted by atomic mass is 10.2. The van der Waals surface area contributed by atoms with E-state index in [-0.39, 0.29) is 6.29 Å². The maximum atomic E-state index is 12.1. The van der Waals surface area contributed by atoms with Crippen molar-refractivity contribution in [2.24, 2.45) is 0 Å². The molecule has 1 unspecified atom stereocenters. The molecule has 0 bridgehead atoms. The van der Waals surface area contributed by atoms with Gasteiger partial charge in [-0.15, -0.1) is 0 Å². The van der Waals surface area contributed by atoms with E-state index in [0.717, 1.165) is 4.90 Å². The topological polar surface area (TPSA) is 35.5 Å². The van der Waals surface area contributed by atoms with Gasteiger partial charge in [-0.05, 0) is 32.9 Å². The molecule has 0 aliphatic carbocycles. The summed E-state index contributed by atoms with van der Waals surface area (Å²) in [6.45, 7) is 7.11. The van der Waals surface area contributed by atoms with Crippen LogP contribution in [0.1, 0.15) is 25.8 Å². The molecule has 4 heteroatoms. The maximum Gasteiger partial charge on any atom is 0.158 e. The normalized spacial score (nSPS) is 12.9. The summed E-state index contributed by atoms with van der Waals surface area (Å²) < 4.78 is 22.9. The zero-order valence-electron chi connectivity index (χ0n) is 11.3. The Morgan fingerprint density at radius 2 is 1.67 bits per heavy atom. The predicted octanol–water partition coefficient (Wildman–Crippen LogP) is 2.89. The molecule has 1 atom stereocenters. The van der Waals surface area contributed by atoms with Crippen LogP contribution in [0.3, 0.4) is 0 Å². The molecule has 0 aliphatic heterocycles. The highest BCUT2D eigenvalue weighted by molar-refractivity contribution is 7.85. The van der Waals surface area contributed by atoms with E-state index in [1.54, 1.807) is 0 Å². The molecule has 0 amide bonds. The Hall–Kier alpha value is -0.710. The fraction of sp³-hybridized carbons (Fsp3) is 0.571. The number of ether oxygens (including phenoxy) is 2. The standard InChI is InChI=1S/C14H22O3S/c1-4-16-14(17-5-2)10-11-18(15)13-8-6-12(3)7-9-13/h6-9,14H,4-5,10-11H2,1-3H3. The monoisotopic (exact) mass is 270 g/mol. The second kappa shape index (κ2) is 8.40. The second-order valence-corrected chi connectivity index (χ2v) is 5.56. The van der Waals surface area contributed by atoms with Crippen molar-refractivity contribution in [1.82, 2.24) is 0 Å². The van der Waals surface area contributed by atoms with Crippen molar-refractivity contribution in [3.8, 4) is 0 Å². The molecule has 0 saturated heterocycles. The first-order valence-corrected chi connectivity index (χ1v) is 7.67. The van der Waals surface area contributed by atoms with Gasteiger partial charge < -0.3 is 9.47 Å². The number of aryl methyl sites for hydroxylation is 1. The van der Waals surface area contributed by atoms with Gasteiger partial charge in [0.1, 0.15) is 0 Å². The first-order valence-electron chi connectivity index (χ1n) is 6.35. The molecule has 3 nitrogen and oxygen atoms in total. The van der Waals surface area contributed by atoms with Crippen molar-refractivity contribution >= 4 is 10.8 Å². The van der Waals surface area contributed by atoms with Gasteiger partial charge in [-0.25, -0.2) is 0 Å². The third-order valence-corrected chi connectivity index (χ3v) is 3.93. The van der Waals surface area contributed by atoms with Gasteiger partial charge in [0.2, 0.25) is 0 Å². The molecule has 1 aromatic rings. The third-order valence-electron chi connectivity index (χ3n) is 2.53. The molecule has 0 aromatic heterocycles. The fourth-order valence-corrected chi connectivity index (χ4v) is 2.68. The zero-order chi connectivity index (χ0) is 13.4. The number of hydrogen-bond acceptors (Lipinski definition) is 3. The summed E-state index contributed by atoms with van der Waals surface area (Å²) in [7, 11) is -0.979. The van der Waals surface area contributed by atoms with Crippen LogP contribution >= 0.6 is 0 Å². The first-order chi connectivity index (χ1) is 8.67. The van der Waals surface area contributed by atoms with Gasteiger partial charge in [-0.2, -0.15) is 0 Å². The highest BCUT2D eigenvalue weighted by atomic mass is 32.2. The van der Waals surface area contributed by atoms with Crippen LogP contribution in [0.4, 0.5) is 0 Å². The molecule has 0 heterocycles. The molecular formula is C14H22O3S. The van der Waals surface area contributed by atoms with Gasteiger partial charge in [0.05, 0.1) is 10.8 Å². The average molecular weight is 270 g/mol. The van der Waals surface area contributed by atoms with E-state index in [2.05, 4.69) is 0 Å². The van der Waals surface area contributed by atoms with Crippen LogP contribution in [0.2, 0.25) is 0 Å². The number of hydrogen-bond donors (Lipinski definition) is 0. The van der Waals surface area contributed by atoms with E-state index >= 15 is 0 Å². The van der Waals surface area contributed by atoms with Gasteiger partial charge >= 0.3 is 0 Å². The van der Waals surface area contributed by atoms with Crippen LogP contribution in [0.5, 0.6) is 0 Å². The van der Waals surface area contributed by atoms with Gasteiger partial charge in [0.15, 0.2) is 6.29 Å².